The largest absolute Gasteiger partial charge is 0.438 e. The molecular formula is C31H34F2N4O4. The topological polar surface area (TPSA) is 105 Å². The number of hydrogen-bond acceptors (Lipinski definition) is 5. The highest BCUT2D eigenvalue weighted by atomic mass is 19.3. The number of halogens is 2. The third-order valence-electron chi connectivity index (χ3n) is 8.81. The van der Waals surface area contributed by atoms with Crippen LogP contribution in [-0.2, 0) is 14.4 Å². The zero-order valence-corrected chi connectivity index (χ0v) is 22.9. The molecule has 6 rings (SSSR count). The van der Waals surface area contributed by atoms with Gasteiger partial charge in [-0.2, -0.15) is 0 Å². The molecule has 1 aliphatic heterocycles. The van der Waals surface area contributed by atoms with Gasteiger partial charge in [-0.05, 0) is 55.7 Å². The van der Waals surface area contributed by atoms with Crippen molar-refractivity contribution in [2.45, 2.75) is 75.9 Å². The fraction of sp³-hybridized carbons (Fsp3) is 0.484. The van der Waals surface area contributed by atoms with E-state index in [1.807, 2.05) is 42.5 Å². The van der Waals surface area contributed by atoms with Crippen LogP contribution in [0.5, 0.6) is 0 Å². The van der Waals surface area contributed by atoms with Crippen LogP contribution in [0.25, 0.3) is 11.1 Å². The number of rotatable bonds is 8. The minimum absolute atomic E-state index is 0.0893. The number of oxazole rings is 1. The number of carbonyl (C=O) groups excluding carboxylic acids is 3. The van der Waals surface area contributed by atoms with Crippen LogP contribution in [0.4, 0.5) is 8.78 Å². The third kappa shape index (κ3) is 5.56. The number of fused-ring (bicyclic) bond motifs is 1. The molecule has 2 heterocycles. The molecule has 0 bridgehead atoms. The summed E-state index contributed by atoms with van der Waals surface area (Å²) >= 11 is 0. The van der Waals surface area contributed by atoms with Gasteiger partial charge in [0.1, 0.15) is 17.6 Å². The smallest absolute Gasteiger partial charge is 0.249 e. The molecule has 1 spiro atoms. The van der Waals surface area contributed by atoms with E-state index >= 15 is 0 Å². The quantitative estimate of drug-likeness (QED) is 0.398. The summed E-state index contributed by atoms with van der Waals surface area (Å²) in [7, 11) is 0. The average molecular weight is 565 g/mol. The van der Waals surface area contributed by atoms with Crippen molar-refractivity contribution in [1.29, 1.82) is 0 Å². The van der Waals surface area contributed by atoms with Gasteiger partial charge < -0.3 is 20.0 Å². The monoisotopic (exact) mass is 564 g/mol. The van der Waals surface area contributed by atoms with Gasteiger partial charge in [-0.15, -0.1) is 0 Å². The van der Waals surface area contributed by atoms with Gasteiger partial charge >= 0.3 is 0 Å². The van der Waals surface area contributed by atoms with Crippen LogP contribution in [0.2, 0.25) is 0 Å². The number of nitrogens with one attached hydrogen (secondary N) is 2. The Balaban J connectivity index is 1.15. The van der Waals surface area contributed by atoms with Gasteiger partial charge in [-0.1, -0.05) is 42.5 Å². The first-order valence-corrected chi connectivity index (χ1v) is 14.3. The second-order valence-corrected chi connectivity index (χ2v) is 12.0. The molecule has 216 valence electrons. The maximum Gasteiger partial charge on any atom is 0.249 e. The second kappa shape index (κ2) is 10.5. The van der Waals surface area contributed by atoms with Gasteiger partial charge in [0.25, 0.3) is 0 Å². The summed E-state index contributed by atoms with van der Waals surface area (Å²) in [4.78, 5) is 46.5. The normalized spacial score (nSPS) is 22.5. The molecule has 10 heteroatoms. The van der Waals surface area contributed by atoms with Crippen LogP contribution in [0.1, 0.15) is 75.4 Å². The van der Waals surface area contributed by atoms with E-state index in [4.69, 9.17) is 4.42 Å². The number of carbonyl (C=O) groups is 3. The van der Waals surface area contributed by atoms with Gasteiger partial charge in [0.05, 0.1) is 12.5 Å². The summed E-state index contributed by atoms with van der Waals surface area (Å²) in [6.07, 6.45) is 1.82. The lowest BCUT2D eigenvalue weighted by Crippen LogP contribution is -2.58. The number of amides is 3. The van der Waals surface area contributed by atoms with Crippen LogP contribution >= 0.6 is 0 Å². The Bertz CT molecular complexity index is 1410. The fourth-order valence-corrected chi connectivity index (χ4v) is 6.83. The van der Waals surface area contributed by atoms with Crippen molar-refractivity contribution in [3.8, 4) is 0 Å². The summed E-state index contributed by atoms with van der Waals surface area (Å²) in [5, 5.41) is 5.63. The highest BCUT2D eigenvalue weighted by Gasteiger charge is 2.63. The molecule has 1 saturated heterocycles. The van der Waals surface area contributed by atoms with Gasteiger partial charge in [0.15, 0.2) is 5.58 Å². The molecule has 2 aromatic carbocycles. The first-order chi connectivity index (χ1) is 19.6. The van der Waals surface area contributed by atoms with Crippen molar-refractivity contribution in [2.75, 3.05) is 6.54 Å². The molecule has 2 N–H and O–H groups in total. The van der Waals surface area contributed by atoms with Gasteiger partial charge in [-0.25, -0.2) is 13.8 Å². The molecule has 3 atom stereocenters. The molecule has 8 nitrogen and oxygen atoms in total. The molecule has 1 aromatic heterocycles. The average Bonchev–Trinajstić information content (AvgIpc) is 3.58. The minimum Gasteiger partial charge on any atom is -0.438 e. The predicted molar refractivity (Wildman–Crippen MR) is 147 cm³/mol. The van der Waals surface area contributed by atoms with Crippen LogP contribution in [0.3, 0.4) is 0 Å². The number of nitrogens with zero attached hydrogens (tertiary/aromatic N) is 2. The van der Waals surface area contributed by atoms with Gasteiger partial charge in [0.2, 0.25) is 29.5 Å². The summed E-state index contributed by atoms with van der Waals surface area (Å²) in [6.45, 7) is 2.29. The fourth-order valence-electron chi connectivity index (χ4n) is 6.83. The number of aromatic nitrogens is 1. The molecule has 41 heavy (non-hydrogen) atoms. The van der Waals surface area contributed by atoms with Gasteiger partial charge in [-0.3, -0.25) is 14.4 Å². The Labute approximate surface area is 236 Å². The molecule has 2 saturated carbocycles. The van der Waals surface area contributed by atoms with E-state index in [1.54, 1.807) is 24.0 Å². The summed E-state index contributed by atoms with van der Waals surface area (Å²) in [5.74, 6) is -3.92. The van der Waals surface area contributed by atoms with Crippen LogP contribution in [0, 0.1) is 11.3 Å². The molecule has 3 aliphatic rings. The first kappa shape index (κ1) is 27.4. The second-order valence-electron chi connectivity index (χ2n) is 12.0. The predicted octanol–water partition coefficient (Wildman–Crippen LogP) is 5.07. The first-order valence-electron chi connectivity index (χ1n) is 14.3. The Morgan fingerprint density at radius 2 is 1.76 bits per heavy atom. The summed E-state index contributed by atoms with van der Waals surface area (Å²) < 4.78 is 32.7. The number of para-hydroxylation sites is 2. The Kier molecular flexibility index (Phi) is 7.03. The van der Waals surface area contributed by atoms with E-state index < -0.39 is 35.2 Å². The molecule has 2 aliphatic carbocycles. The number of likely N-dealkylation sites (tertiary alicyclic amines) is 1. The van der Waals surface area contributed by atoms with Crippen molar-refractivity contribution in [1.82, 2.24) is 20.5 Å². The Morgan fingerprint density at radius 1 is 1.05 bits per heavy atom. The third-order valence-corrected chi connectivity index (χ3v) is 8.81. The zero-order valence-electron chi connectivity index (χ0n) is 22.9. The highest BCUT2D eigenvalue weighted by Crippen LogP contribution is 2.64. The van der Waals surface area contributed by atoms with E-state index in [0.717, 1.165) is 18.4 Å². The molecule has 0 radical (unpaired) electrons. The standard InChI is InChI=1S/C31H34F2N4O4/c1-19(29-36-22-10-5-6-12-25(22)41-29)34-28(40)23(35-27(39)21-15-30(16-21)17-31(32,33)18-30)14-26(38)37-13-7-11-24(37)20-8-3-2-4-9-20/h2-6,8-10,12,19,21,23-24H,7,11,13-18H2,1H3,(H,34,40)(H,35,39)/t19-,23-,24+/m0/s1. The van der Waals surface area contributed by atoms with E-state index in [9.17, 15) is 23.2 Å². The van der Waals surface area contributed by atoms with Crippen molar-refractivity contribution >= 4 is 28.8 Å². The van der Waals surface area contributed by atoms with Gasteiger partial charge in [0, 0.05) is 25.3 Å². The van der Waals surface area contributed by atoms with E-state index in [2.05, 4.69) is 15.6 Å². The zero-order chi connectivity index (χ0) is 28.8. The van der Waals surface area contributed by atoms with Crippen molar-refractivity contribution < 1.29 is 27.6 Å². The molecule has 3 fully saturated rings. The summed E-state index contributed by atoms with van der Waals surface area (Å²) in [5.41, 5.74) is 1.80. The lowest BCUT2D eigenvalue weighted by atomic mass is 9.50. The highest BCUT2D eigenvalue weighted by molar-refractivity contribution is 5.93. The maximum atomic E-state index is 13.6. The van der Waals surface area contributed by atoms with Crippen LogP contribution < -0.4 is 10.6 Å². The lowest BCUT2D eigenvalue weighted by Gasteiger charge is -2.56. The lowest BCUT2D eigenvalue weighted by molar-refractivity contribution is -0.207. The maximum absolute atomic E-state index is 13.6. The number of hydrogen-bond donors (Lipinski definition) is 2. The van der Waals surface area contributed by atoms with E-state index in [0.29, 0.717) is 36.4 Å². The number of benzene rings is 2. The van der Waals surface area contributed by atoms with Crippen LogP contribution in [-0.4, -0.2) is 46.1 Å². The van der Waals surface area contributed by atoms with E-state index in [-0.39, 0.29) is 37.1 Å². The molecule has 3 aromatic rings. The molecular weight excluding hydrogens is 530 g/mol. The molecule has 0 unspecified atom stereocenters. The van der Waals surface area contributed by atoms with E-state index in [1.165, 1.54) is 0 Å². The number of alkyl halides is 2. The van der Waals surface area contributed by atoms with Crippen molar-refractivity contribution in [2.24, 2.45) is 11.3 Å². The van der Waals surface area contributed by atoms with Crippen molar-refractivity contribution in [3.63, 3.8) is 0 Å². The van der Waals surface area contributed by atoms with Crippen molar-refractivity contribution in [3.05, 3.63) is 66.1 Å². The molecule has 3 amide bonds. The minimum atomic E-state index is -2.65. The SMILES string of the molecule is C[C@H](NC(=O)[C@H](CC(=O)N1CCC[C@@H]1c1ccccc1)NC(=O)C1CC2(C1)CC(F)(F)C2)c1nc2ccccc2o1. The van der Waals surface area contributed by atoms with Crippen LogP contribution in [0.15, 0.2) is 59.0 Å². The summed E-state index contributed by atoms with van der Waals surface area (Å²) in [6, 6.07) is 15.2. The Morgan fingerprint density at radius 3 is 2.46 bits per heavy atom. The Hall–Kier alpha value is -3.82.